The van der Waals surface area contributed by atoms with Crippen LogP contribution in [0.25, 0.3) is 16.3 Å². The molecule has 1 N–H and O–H groups in total. The quantitative estimate of drug-likeness (QED) is 0.631. The topological polar surface area (TPSA) is 14.1 Å². The van der Waals surface area contributed by atoms with Gasteiger partial charge in [0.1, 0.15) is 4.70 Å². The summed E-state index contributed by atoms with van der Waals surface area (Å²) in [4.78, 5) is 3.25. The maximum atomic E-state index is 3.71. The van der Waals surface area contributed by atoms with Gasteiger partial charge in [0.2, 0.25) is 5.52 Å². The van der Waals surface area contributed by atoms with Crippen molar-refractivity contribution in [2.45, 2.75) is 0 Å². The summed E-state index contributed by atoms with van der Waals surface area (Å²) in [5, 5.41) is 1.12. The van der Waals surface area contributed by atoms with Crippen LogP contribution in [0.15, 0.2) is 30.8 Å². The number of H-pyrrole nitrogens is 1. The molecule has 0 amide bonds. The van der Waals surface area contributed by atoms with Crippen molar-refractivity contribution in [2.24, 2.45) is 0 Å². The van der Waals surface area contributed by atoms with E-state index in [1.165, 1.54) is 10.2 Å². The number of para-hydroxylation sites is 1. The molecule has 3 heteroatoms. The van der Waals surface area contributed by atoms with E-state index in [0.29, 0.717) is 0 Å². The Morgan fingerprint density at radius 3 is 2.75 bits per heavy atom. The number of aromatic nitrogens is 1. The number of rotatable bonds is 1. The molecule has 0 fully saturated rings. The van der Waals surface area contributed by atoms with Crippen LogP contribution in [0.2, 0.25) is 0 Å². The third-order valence-electron chi connectivity index (χ3n) is 1.55. The number of halogens is 1. The maximum Gasteiger partial charge on any atom is 0.260 e. The van der Waals surface area contributed by atoms with Gasteiger partial charge >= 0.3 is 0 Å². The molecule has 2 aromatic rings. The smallest absolute Gasteiger partial charge is 0.260 e. The van der Waals surface area contributed by atoms with Gasteiger partial charge in [0, 0.05) is 12.1 Å². The highest BCUT2D eigenvalue weighted by atomic mass is 79.9. The van der Waals surface area contributed by atoms with E-state index in [0.717, 1.165) is 5.01 Å². The first kappa shape index (κ1) is 9.42. The fraction of sp³-hybridized carbons (Fsp3) is 0. The zero-order valence-electron chi connectivity index (χ0n) is 6.38. The second kappa shape index (κ2) is 3.83. The summed E-state index contributed by atoms with van der Waals surface area (Å²) in [5.41, 5.74) is 1.19. The Bertz CT molecular complexity index is 361. The fourth-order valence-corrected chi connectivity index (χ4v) is 1.89. The van der Waals surface area contributed by atoms with Crippen molar-refractivity contribution in [1.82, 2.24) is 0 Å². The van der Waals surface area contributed by atoms with Gasteiger partial charge in [-0.1, -0.05) is 30.0 Å². The first-order valence-electron chi connectivity index (χ1n) is 3.43. The fourth-order valence-electron chi connectivity index (χ4n) is 1.03. The van der Waals surface area contributed by atoms with Crippen LogP contribution in [0.4, 0.5) is 0 Å². The number of nitrogens with one attached hydrogen (secondary N) is 1. The molecular weight excluding hydrogens is 234 g/mol. The van der Waals surface area contributed by atoms with Crippen molar-refractivity contribution >= 4 is 27.6 Å². The number of fused-ring (bicyclic) bond motifs is 1. The van der Waals surface area contributed by atoms with Crippen LogP contribution < -0.4 is 22.0 Å². The van der Waals surface area contributed by atoms with Gasteiger partial charge in [-0.2, -0.15) is 4.98 Å². The minimum Gasteiger partial charge on any atom is -1.00 e. The molecule has 0 atom stereocenters. The molecule has 2 rings (SSSR count). The highest BCUT2D eigenvalue weighted by Crippen LogP contribution is 2.17. The summed E-state index contributed by atoms with van der Waals surface area (Å²) in [6.07, 6.45) is 1.84. The molecule has 1 nitrogen and oxygen atoms in total. The number of aromatic amines is 1. The van der Waals surface area contributed by atoms with Gasteiger partial charge < -0.3 is 17.0 Å². The van der Waals surface area contributed by atoms with Crippen molar-refractivity contribution < 1.29 is 22.0 Å². The molecule has 0 saturated carbocycles. The Kier molecular flexibility index (Phi) is 3.00. The monoisotopic (exact) mass is 241 g/mol. The van der Waals surface area contributed by atoms with E-state index in [9.17, 15) is 0 Å². The van der Waals surface area contributed by atoms with E-state index in [1.807, 2.05) is 18.2 Å². The molecule has 0 saturated heterocycles. The molecule has 0 unspecified atom stereocenters. The van der Waals surface area contributed by atoms with Crippen LogP contribution in [-0.4, -0.2) is 0 Å². The number of hydrogen-bond acceptors (Lipinski definition) is 1. The number of hydrogen-bond donors (Lipinski definition) is 0. The maximum absolute atomic E-state index is 3.71. The Morgan fingerprint density at radius 2 is 2.08 bits per heavy atom. The molecule has 1 aromatic heterocycles. The highest BCUT2D eigenvalue weighted by Gasteiger charge is 2.04. The number of thiazole rings is 1. The van der Waals surface area contributed by atoms with Gasteiger partial charge in [0.05, 0.1) is 0 Å². The highest BCUT2D eigenvalue weighted by molar-refractivity contribution is 7.18. The van der Waals surface area contributed by atoms with Crippen molar-refractivity contribution in [3.8, 4) is 0 Å². The van der Waals surface area contributed by atoms with Crippen LogP contribution in [0.1, 0.15) is 5.01 Å². The molecule has 1 heterocycles. The summed E-state index contributed by atoms with van der Waals surface area (Å²) in [7, 11) is 0. The van der Waals surface area contributed by atoms with Crippen LogP contribution in [0, 0.1) is 0 Å². The van der Waals surface area contributed by atoms with Crippen molar-refractivity contribution in [2.75, 3.05) is 0 Å². The standard InChI is InChI=1S/C9H7NS.BrH/c1-2-9-10-7-5-3-4-6-8(7)11-9;/h2-6H,1H2;1H. The minimum absolute atomic E-state index is 0. The van der Waals surface area contributed by atoms with E-state index < -0.39 is 0 Å². The summed E-state index contributed by atoms with van der Waals surface area (Å²) in [6.45, 7) is 3.71. The Labute approximate surface area is 85.5 Å². The van der Waals surface area contributed by atoms with Crippen LogP contribution in [-0.2, 0) is 0 Å². The normalized spacial score (nSPS) is 9.33. The van der Waals surface area contributed by atoms with Gasteiger partial charge in [-0.15, -0.1) is 0 Å². The van der Waals surface area contributed by atoms with Gasteiger partial charge in [0.25, 0.3) is 5.01 Å². The zero-order chi connectivity index (χ0) is 7.68. The molecule has 12 heavy (non-hydrogen) atoms. The molecule has 0 aliphatic rings. The van der Waals surface area contributed by atoms with Gasteiger partial charge in [-0.3, -0.25) is 0 Å². The first-order chi connectivity index (χ1) is 5.40. The molecule has 0 radical (unpaired) electrons. The molecule has 0 spiro atoms. The lowest BCUT2D eigenvalue weighted by molar-refractivity contribution is -0.340. The van der Waals surface area contributed by atoms with Crippen molar-refractivity contribution in [1.29, 1.82) is 0 Å². The van der Waals surface area contributed by atoms with Crippen LogP contribution in [0.5, 0.6) is 0 Å². The van der Waals surface area contributed by atoms with Crippen LogP contribution >= 0.6 is 11.3 Å². The van der Waals surface area contributed by atoms with Gasteiger partial charge in [-0.25, -0.2) is 0 Å². The average molecular weight is 242 g/mol. The lowest BCUT2D eigenvalue weighted by Crippen LogP contribution is -3.00. The van der Waals surface area contributed by atoms with Crippen molar-refractivity contribution in [3.05, 3.63) is 35.9 Å². The van der Waals surface area contributed by atoms with E-state index in [2.05, 4.69) is 23.7 Å². The summed E-state index contributed by atoms with van der Waals surface area (Å²) in [5.74, 6) is 0. The SMILES string of the molecule is C=Cc1[nH+]c2ccccc2s1.[Br-]. The van der Waals surface area contributed by atoms with Crippen LogP contribution in [0.3, 0.4) is 0 Å². The van der Waals surface area contributed by atoms with Gasteiger partial charge in [0.15, 0.2) is 0 Å². The Balaban J connectivity index is 0.000000720. The lowest BCUT2D eigenvalue weighted by Gasteiger charge is -1.75. The van der Waals surface area contributed by atoms with Gasteiger partial charge in [-0.05, 0) is 6.07 Å². The molecule has 0 bridgehead atoms. The number of benzene rings is 1. The third kappa shape index (κ3) is 1.57. The molecule has 0 aliphatic carbocycles. The molecule has 1 aromatic carbocycles. The predicted octanol–water partition coefficient (Wildman–Crippen LogP) is -0.638. The average Bonchev–Trinajstić information content (AvgIpc) is 2.46. The largest absolute Gasteiger partial charge is 1.00 e. The molecule has 62 valence electrons. The minimum atomic E-state index is 0. The molecular formula is C9H8BrNS. The summed E-state index contributed by atoms with van der Waals surface area (Å²) in [6, 6.07) is 8.24. The Hall–Kier alpha value is -0.670. The van der Waals surface area contributed by atoms with Crippen molar-refractivity contribution in [3.63, 3.8) is 0 Å². The zero-order valence-corrected chi connectivity index (χ0v) is 8.78. The second-order valence-electron chi connectivity index (χ2n) is 2.29. The lowest BCUT2D eigenvalue weighted by atomic mass is 10.3. The first-order valence-corrected chi connectivity index (χ1v) is 4.25. The van der Waals surface area contributed by atoms with E-state index in [4.69, 9.17) is 0 Å². The summed E-state index contributed by atoms with van der Waals surface area (Å²) >= 11 is 1.72. The van der Waals surface area contributed by atoms with E-state index in [-0.39, 0.29) is 17.0 Å². The summed E-state index contributed by atoms with van der Waals surface area (Å²) < 4.78 is 1.28. The van der Waals surface area contributed by atoms with E-state index >= 15 is 0 Å². The molecule has 0 aliphatic heterocycles. The predicted molar refractivity (Wildman–Crippen MR) is 48.5 cm³/mol. The third-order valence-corrected chi connectivity index (χ3v) is 2.61. The van der Waals surface area contributed by atoms with E-state index in [1.54, 1.807) is 11.3 Å². The second-order valence-corrected chi connectivity index (χ2v) is 3.38. The Morgan fingerprint density at radius 1 is 1.33 bits per heavy atom.